The van der Waals surface area contributed by atoms with Gasteiger partial charge in [0.1, 0.15) is 11.3 Å². The number of carbonyl (C=O) groups excluding carboxylic acids is 1. The average molecular weight is 246 g/mol. The topological polar surface area (TPSA) is 60.1 Å². The number of aliphatic imine (C=N–C) groups is 1. The lowest BCUT2D eigenvalue weighted by atomic mass is 10.4. The number of hydrogen-bond acceptors (Lipinski definition) is 4. The average Bonchev–Trinajstić information content (AvgIpc) is 2.86. The van der Waals surface area contributed by atoms with Gasteiger partial charge in [0, 0.05) is 13.2 Å². The molecule has 0 saturated carbocycles. The summed E-state index contributed by atoms with van der Waals surface area (Å²) in [5, 5.41) is 0.841. The molecule has 0 N–H and O–H groups in total. The number of fused-ring (bicyclic) bond motifs is 1. The summed E-state index contributed by atoms with van der Waals surface area (Å²) >= 11 is 1.49. The van der Waals surface area contributed by atoms with Gasteiger partial charge in [0.2, 0.25) is 0 Å². The van der Waals surface area contributed by atoms with E-state index in [4.69, 9.17) is 0 Å². The van der Waals surface area contributed by atoms with Gasteiger partial charge in [-0.2, -0.15) is 0 Å². The molecular weight excluding hydrogens is 236 g/mol. The summed E-state index contributed by atoms with van der Waals surface area (Å²) in [5.74, 6) is 1.29. The molecule has 1 amide bonds. The van der Waals surface area contributed by atoms with Crippen molar-refractivity contribution >= 4 is 33.9 Å². The van der Waals surface area contributed by atoms with Crippen LogP contribution in [0, 0.1) is 0 Å². The van der Waals surface area contributed by atoms with Gasteiger partial charge in [-0.15, -0.1) is 11.8 Å². The standard InChI is InChI=1S/C11H10N4OS/c1-15-8(5-10-14-9(16)6-17-10)13-7-3-2-4-12-11(7)15/h2-4H,5-6H2,1H3. The van der Waals surface area contributed by atoms with Crippen molar-refractivity contribution in [3.63, 3.8) is 0 Å². The van der Waals surface area contributed by atoms with Crippen LogP contribution in [-0.4, -0.2) is 31.2 Å². The van der Waals surface area contributed by atoms with Crippen molar-refractivity contribution in [1.29, 1.82) is 0 Å². The number of aryl methyl sites for hydroxylation is 1. The van der Waals surface area contributed by atoms with Crippen molar-refractivity contribution in [1.82, 2.24) is 14.5 Å². The molecule has 0 saturated heterocycles. The van der Waals surface area contributed by atoms with Crippen molar-refractivity contribution in [2.45, 2.75) is 6.42 Å². The molecule has 0 fully saturated rings. The van der Waals surface area contributed by atoms with Gasteiger partial charge in [0.25, 0.3) is 5.91 Å². The van der Waals surface area contributed by atoms with E-state index in [1.54, 1.807) is 6.20 Å². The maximum absolute atomic E-state index is 11.1. The SMILES string of the molecule is Cn1c(CC2=NC(=O)CS2)nc2cccnc21. The van der Waals surface area contributed by atoms with Gasteiger partial charge in [-0.1, -0.05) is 0 Å². The number of nitrogens with zero attached hydrogens (tertiary/aromatic N) is 4. The number of amides is 1. The molecule has 0 atom stereocenters. The Morgan fingerprint density at radius 3 is 3.12 bits per heavy atom. The number of aromatic nitrogens is 3. The number of carbonyl (C=O) groups is 1. The van der Waals surface area contributed by atoms with Crippen LogP contribution >= 0.6 is 11.8 Å². The Morgan fingerprint density at radius 2 is 2.41 bits per heavy atom. The van der Waals surface area contributed by atoms with Crippen LogP contribution in [0.4, 0.5) is 0 Å². The summed E-state index contributed by atoms with van der Waals surface area (Å²) in [5.41, 5.74) is 1.73. The maximum atomic E-state index is 11.1. The molecule has 2 aromatic rings. The highest BCUT2D eigenvalue weighted by atomic mass is 32.2. The van der Waals surface area contributed by atoms with E-state index in [1.165, 1.54) is 11.8 Å². The van der Waals surface area contributed by atoms with Gasteiger partial charge in [-0.25, -0.2) is 15.0 Å². The molecule has 86 valence electrons. The van der Waals surface area contributed by atoms with E-state index >= 15 is 0 Å². The van der Waals surface area contributed by atoms with Crippen LogP contribution in [0.3, 0.4) is 0 Å². The van der Waals surface area contributed by atoms with Crippen LogP contribution in [0.25, 0.3) is 11.2 Å². The van der Waals surface area contributed by atoms with E-state index in [9.17, 15) is 4.79 Å². The van der Waals surface area contributed by atoms with E-state index in [-0.39, 0.29) is 5.91 Å². The Balaban J connectivity index is 1.98. The summed E-state index contributed by atoms with van der Waals surface area (Å²) in [4.78, 5) is 23.8. The normalized spacial score (nSPS) is 15.6. The molecule has 5 nitrogen and oxygen atoms in total. The van der Waals surface area contributed by atoms with Crippen LogP contribution in [0.1, 0.15) is 5.82 Å². The molecule has 0 radical (unpaired) electrons. The zero-order valence-electron chi connectivity index (χ0n) is 9.25. The lowest BCUT2D eigenvalue weighted by Crippen LogP contribution is -2.03. The molecule has 2 aromatic heterocycles. The molecule has 0 unspecified atom stereocenters. The first kappa shape index (κ1) is 10.5. The first-order valence-corrected chi connectivity index (χ1v) is 6.22. The van der Waals surface area contributed by atoms with Crippen molar-refractivity contribution in [3.05, 3.63) is 24.2 Å². The van der Waals surface area contributed by atoms with E-state index in [2.05, 4.69) is 15.0 Å². The highest BCUT2D eigenvalue weighted by Gasteiger charge is 2.18. The minimum atomic E-state index is -0.0538. The van der Waals surface area contributed by atoms with Crippen LogP contribution in [-0.2, 0) is 18.3 Å². The zero-order chi connectivity index (χ0) is 11.8. The molecular formula is C11H10N4OS. The predicted octanol–water partition coefficient (Wildman–Crippen LogP) is 1.18. The summed E-state index contributed by atoms with van der Waals surface area (Å²) < 4.78 is 1.95. The molecule has 0 bridgehead atoms. The molecule has 0 aromatic carbocycles. The quantitative estimate of drug-likeness (QED) is 0.798. The van der Waals surface area contributed by atoms with Gasteiger partial charge in [-0.05, 0) is 12.1 Å². The largest absolute Gasteiger partial charge is 0.315 e. The predicted molar refractivity (Wildman–Crippen MR) is 67.1 cm³/mol. The van der Waals surface area contributed by atoms with Crippen LogP contribution < -0.4 is 0 Å². The monoisotopic (exact) mass is 246 g/mol. The van der Waals surface area contributed by atoms with Crippen LogP contribution in [0.15, 0.2) is 23.3 Å². The van der Waals surface area contributed by atoms with Gasteiger partial charge in [0.15, 0.2) is 5.65 Å². The third kappa shape index (κ3) is 1.84. The third-order valence-electron chi connectivity index (χ3n) is 2.64. The smallest absolute Gasteiger partial charge is 0.256 e. The molecule has 1 aliphatic heterocycles. The van der Waals surface area contributed by atoms with Crippen molar-refractivity contribution < 1.29 is 4.79 Å². The first-order valence-electron chi connectivity index (χ1n) is 5.23. The van der Waals surface area contributed by atoms with E-state index in [0.717, 1.165) is 22.0 Å². The van der Waals surface area contributed by atoms with Gasteiger partial charge in [0.05, 0.1) is 17.2 Å². The summed E-state index contributed by atoms with van der Waals surface area (Å²) in [6.07, 6.45) is 2.35. The number of thioether (sulfide) groups is 1. The molecule has 17 heavy (non-hydrogen) atoms. The Morgan fingerprint density at radius 1 is 1.53 bits per heavy atom. The Bertz CT molecular complexity index is 631. The van der Waals surface area contributed by atoms with Crippen LogP contribution in [0.5, 0.6) is 0 Å². The lowest BCUT2D eigenvalue weighted by Gasteiger charge is -2.00. The fraction of sp³-hybridized carbons (Fsp3) is 0.273. The third-order valence-corrected chi connectivity index (χ3v) is 3.60. The Hall–Kier alpha value is -1.69. The number of rotatable bonds is 2. The summed E-state index contributed by atoms with van der Waals surface area (Å²) in [6.45, 7) is 0. The number of hydrogen-bond donors (Lipinski definition) is 0. The van der Waals surface area contributed by atoms with Gasteiger partial charge < -0.3 is 4.57 Å². The minimum absolute atomic E-state index is 0.0538. The minimum Gasteiger partial charge on any atom is -0.315 e. The first-order chi connectivity index (χ1) is 8.24. The van der Waals surface area contributed by atoms with Crippen molar-refractivity contribution in [2.75, 3.05) is 5.75 Å². The van der Waals surface area contributed by atoms with E-state index < -0.39 is 0 Å². The molecule has 1 aliphatic rings. The van der Waals surface area contributed by atoms with Gasteiger partial charge >= 0.3 is 0 Å². The zero-order valence-corrected chi connectivity index (χ0v) is 10.1. The number of pyridine rings is 1. The van der Waals surface area contributed by atoms with Gasteiger partial charge in [-0.3, -0.25) is 4.79 Å². The molecule has 3 rings (SSSR count). The second kappa shape index (κ2) is 3.96. The molecule has 0 spiro atoms. The number of imidazole rings is 1. The fourth-order valence-electron chi connectivity index (χ4n) is 1.80. The molecule has 0 aliphatic carbocycles. The molecule has 3 heterocycles. The molecule has 6 heteroatoms. The Labute approximate surface area is 102 Å². The summed E-state index contributed by atoms with van der Waals surface area (Å²) in [7, 11) is 1.93. The van der Waals surface area contributed by atoms with E-state index in [0.29, 0.717) is 12.2 Å². The second-order valence-corrected chi connectivity index (χ2v) is 4.85. The lowest BCUT2D eigenvalue weighted by molar-refractivity contribution is -0.115. The van der Waals surface area contributed by atoms with Crippen LogP contribution in [0.2, 0.25) is 0 Å². The summed E-state index contributed by atoms with van der Waals surface area (Å²) in [6, 6.07) is 3.80. The maximum Gasteiger partial charge on any atom is 0.256 e. The Kier molecular flexibility index (Phi) is 2.44. The van der Waals surface area contributed by atoms with Crippen molar-refractivity contribution in [2.24, 2.45) is 12.0 Å². The second-order valence-electron chi connectivity index (χ2n) is 3.80. The highest BCUT2D eigenvalue weighted by molar-refractivity contribution is 8.15. The fourth-order valence-corrected chi connectivity index (χ4v) is 2.56. The highest BCUT2D eigenvalue weighted by Crippen LogP contribution is 2.19. The van der Waals surface area contributed by atoms with E-state index in [1.807, 2.05) is 23.7 Å². The van der Waals surface area contributed by atoms with Crippen molar-refractivity contribution in [3.8, 4) is 0 Å².